The summed E-state index contributed by atoms with van der Waals surface area (Å²) in [5.74, 6) is -0.0205. The Hall–Kier alpha value is -2.62. The fraction of sp³-hybridized carbons (Fsp3) is 0.391. The van der Waals surface area contributed by atoms with Crippen molar-refractivity contribution in [3.05, 3.63) is 66.0 Å². The van der Waals surface area contributed by atoms with Crippen LogP contribution in [0.2, 0.25) is 0 Å². The van der Waals surface area contributed by atoms with Crippen LogP contribution in [0.4, 0.5) is 0 Å². The van der Waals surface area contributed by atoms with E-state index in [1.165, 1.54) is 31.2 Å². The molecule has 1 heterocycles. The van der Waals surface area contributed by atoms with E-state index in [1.807, 2.05) is 30.6 Å². The van der Waals surface area contributed by atoms with Gasteiger partial charge in [-0.3, -0.25) is 4.79 Å². The summed E-state index contributed by atoms with van der Waals surface area (Å²) in [4.78, 5) is 17.2. The number of rotatable bonds is 6. The van der Waals surface area contributed by atoms with Crippen molar-refractivity contribution in [2.45, 2.75) is 57.5 Å². The van der Waals surface area contributed by atoms with Crippen LogP contribution >= 0.6 is 0 Å². The van der Waals surface area contributed by atoms with E-state index in [2.05, 4.69) is 46.1 Å². The van der Waals surface area contributed by atoms with Crippen molar-refractivity contribution < 1.29 is 4.79 Å². The first kappa shape index (κ1) is 17.8. The van der Waals surface area contributed by atoms with Crippen LogP contribution in [0, 0.1) is 0 Å². The number of nitrogens with one attached hydrogen (secondary N) is 1. The summed E-state index contributed by atoms with van der Waals surface area (Å²) in [6.45, 7) is 2.06. The van der Waals surface area contributed by atoms with Gasteiger partial charge in [-0.25, -0.2) is 4.98 Å². The molecule has 2 aromatic carbocycles. The van der Waals surface area contributed by atoms with E-state index in [1.54, 1.807) is 0 Å². The minimum absolute atomic E-state index is 0.0205. The maximum atomic E-state index is 12.6. The molecule has 4 heteroatoms. The smallest absolute Gasteiger partial charge is 0.251 e. The van der Waals surface area contributed by atoms with Gasteiger partial charge in [0.05, 0.1) is 17.4 Å². The molecule has 4 rings (SSSR count). The fourth-order valence-electron chi connectivity index (χ4n) is 4.05. The highest BCUT2D eigenvalue weighted by molar-refractivity contribution is 5.97. The minimum atomic E-state index is -0.0205. The Balaban J connectivity index is 1.40. The molecule has 0 saturated heterocycles. The molecule has 1 saturated carbocycles. The second kappa shape index (κ2) is 7.95. The van der Waals surface area contributed by atoms with Crippen LogP contribution in [-0.2, 0) is 6.42 Å². The third-order valence-corrected chi connectivity index (χ3v) is 5.64. The van der Waals surface area contributed by atoms with Crippen molar-refractivity contribution >= 4 is 16.9 Å². The Morgan fingerprint density at radius 2 is 1.96 bits per heavy atom. The van der Waals surface area contributed by atoms with Gasteiger partial charge >= 0.3 is 0 Å². The topological polar surface area (TPSA) is 46.9 Å². The first-order valence-electron chi connectivity index (χ1n) is 10.0. The Morgan fingerprint density at radius 3 is 2.74 bits per heavy atom. The molecule has 0 bridgehead atoms. The number of amides is 1. The number of aromatic nitrogens is 2. The zero-order valence-electron chi connectivity index (χ0n) is 15.9. The number of hydrogen-bond acceptors (Lipinski definition) is 2. The highest BCUT2D eigenvalue weighted by atomic mass is 16.1. The number of imidazole rings is 1. The minimum Gasteiger partial charge on any atom is -0.350 e. The van der Waals surface area contributed by atoms with Gasteiger partial charge in [0.25, 0.3) is 5.91 Å². The molecule has 1 unspecified atom stereocenters. The highest BCUT2D eigenvalue weighted by Gasteiger charge is 2.19. The number of aryl methyl sites for hydroxylation is 1. The summed E-state index contributed by atoms with van der Waals surface area (Å²) in [7, 11) is 0. The number of benzene rings is 2. The zero-order chi connectivity index (χ0) is 18.6. The van der Waals surface area contributed by atoms with Crippen molar-refractivity contribution in [3.8, 4) is 0 Å². The molecule has 1 aromatic heterocycles. The standard InChI is InChI=1S/C23H27N3O/c1-17(11-12-18-7-3-2-4-8-18)25-23(27)19-13-14-22-21(15-19)24-16-26(22)20-9-5-6-10-20/h2-4,7-8,13-17,20H,5-6,9-12H2,1H3,(H,25,27). The lowest BCUT2D eigenvalue weighted by Gasteiger charge is -2.14. The van der Waals surface area contributed by atoms with Crippen molar-refractivity contribution in [3.63, 3.8) is 0 Å². The first-order chi connectivity index (χ1) is 13.2. The molecule has 1 aliphatic rings. The highest BCUT2D eigenvalue weighted by Crippen LogP contribution is 2.32. The summed E-state index contributed by atoms with van der Waals surface area (Å²) in [5.41, 5.74) is 4.03. The van der Waals surface area contributed by atoms with Gasteiger partial charge in [-0.1, -0.05) is 43.2 Å². The molecule has 4 nitrogen and oxygen atoms in total. The summed E-state index contributed by atoms with van der Waals surface area (Å²) in [5, 5.41) is 3.12. The third-order valence-electron chi connectivity index (χ3n) is 5.64. The van der Waals surface area contributed by atoms with Crippen LogP contribution in [0.25, 0.3) is 11.0 Å². The molecule has 140 valence electrons. The number of carbonyl (C=O) groups is 1. The Morgan fingerprint density at radius 1 is 1.19 bits per heavy atom. The maximum absolute atomic E-state index is 12.6. The van der Waals surface area contributed by atoms with Crippen molar-refractivity contribution in [1.29, 1.82) is 0 Å². The molecule has 1 aliphatic carbocycles. The van der Waals surface area contributed by atoms with Gasteiger partial charge in [-0.15, -0.1) is 0 Å². The van der Waals surface area contributed by atoms with Crippen LogP contribution in [0.3, 0.4) is 0 Å². The monoisotopic (exact) mass is 361 g/mol. The van der Waals surface area contributed by atoms with E-state index in [0.29, 0.717) is 11.6 Å². The molecule has 3 aromatic rings. The van der Waals surface area contributed by atoms with E-state index in [4.69, 9.17) is 0 Å². The van der Waals surface area contributed by atoms with Crippen molar-refractivity contribution in [2.75, 3.05) is 0 Å². The van der Waals surface area contributed by atoms with Crippen LogP contribution in [0.5, 0.6) is 0 Å². The molecular formula is C23H27N3O. The van der Waals surface area contributed by atoms with Gasteiger partial charge < -0.3 is 9.88 Å². The predicted molar refractivity (Wildman–Crippen MR) is 109 cm³/mol. The second-order valence-electron chi connectivity index (χ2n) is 7.69. The predicted octanol–water partition coefficient (Wildman–Crippen LogP) is 4.90. The number of nitrogens with zero attached hydrogens (tertiary/aromatic N) is 2. The van der Waals surface area contributed by atoms with Crippen LogP contribution in [-0.4, -0.2) is 21.5 Å². The fourth-order valence-corrected chi connectivity index (χ4v) is 4.05. The lowest BCUT2D eigenvalue weighted by molar-refractivity contribution is 0.0938. The summed E-state index contributed by atoms with van der Waals surface area (Å²) in [6.07, 6.45) is 8.88. The number of hydrogen-bond donors (Lipinski definition) is 1. The van der Waals surface area contributed by atoms with Crippen LogP contribution in [0.1, 0.15) is 61.0 Å². The molecule has 1 atom stereocenters. The molecule has 27 heavy (non-hydrogen) atoms. The van der Waals surface area contributed by atoms with Gasteiger partial charge in [-0.2, -0.15) is 0 Å². The lowest BCUT2D eigenvalue weighted by Crippen LogP contribution is -2.32. The Labute approximate surface area is 160 Å². The van der Waals surface area contributed by atoms with Gasteiger partial charge in [0.15, 0.2) is 0 Å². The quantitative estimate of drug-likeness (QED) is 0.678. The number of carbonyl (C=O) groups excluding carboxylic acids is 1. The molecular weight excluding hydrogens is 334 g/mol. The average Bonchev–Trinajstić information content (AvgIpc) is 3.36. The normalized spacial score (nSPS) is 15.9. The lowest BCUT2D eigenvalue weighted by atomic mass is 10.1. The Bertz CT molecular complexity index is 910. The van der Waals surface area contributed by atoms with E-state index in [0.717, 1.165) is 23.9 Å². The summed E-state index contributed by atoms with van der Waals surface area (Å²) in [6, 6.07) is 17.0. The SMILES string of the molecule is CC(CCc1ccccc1)NC(=O)c1ccc2c(c1)ncn2C1CCCC1. The zero-order valence-corrected chi connectivity index (χ0v) is 15.9. The van der Waals surface area contributed by atoms with E-state index >= 15 is 0 Å². The third kappa shape index (κ3) is 4.05. The largest absolute Gasteiger partial charge is 0.350 e. The maximum Gasteiger partial charge on any atom is 0.251 e. The van der Waals surface area contributed by atoms with Crippen LogP contribution < -0.4 is 5.32 Å². The first-order valence-corrected chi connectivity index (χ1v) is 10.0. The molecule has 1 N–H and O–H groups in total. The van der Waals surface area contributed by atoms with Gasteiger partial charge in [0, 0.05) is 17.6 Å². The van der Waals surface area contributed by atoms with Gasteiger partial charge in [-0.05, 0) is 56.4 Å². The molecule has 0 aliphatic heterocycles. The molecule has 0 spiro atoms. The van der Waals surface area contributed by atoms with Crippen molar-refractivity contribution in [1.82, 2.24) is 14.9 Å². The Kier molecular flexibility index (Phi) is 5.23. The number of fused-ring (bicyclic) bond motifs is 1. The molecule has 1 fully saturated rings. The van der Waals surface area contributed by atoms with E-state index < -0.39 is 0 Å². The van der Waals surface area contributed by atoms with E-state index in [-0.39, 0.29) is 11.9 Å². The summed E-state index contributed by atoms with van der Waals surface area (Å²) >= 11 is 0. The second-order valence-corrected chi connectivity index (χ2v) is 7.69. The average molecular weight is 361 g/mol. The molecule has 1 amide bonds. The van der Waals surface area contributed by atoms with Gasteiger partial charge in [0.2, 0.25) is 0 Å². The van der Waals surface area contributed by atoms with Gasteiger partial charge in [0.1, 0.15) is 0 Å². The van der Waals surface area contributed by atoms with Crippen LogP contribution in [0.15, 0.2) is 54.9 Å². The van der Waals surface area contributed by atoms with E-state index in [9.17, 15) is 4.79 Å². The summed E-state index contributed by atoms with van der Waals surface area (Å²) < 4.78 is 2.28. The van der Waals surface area contributed by atoms with Crippen molar-refractivity contribution in [2.24, 2.45) is 0 Å². The molecule has 0 radical (unpaired) electrons.